The van der Waals surface area contributed by atoms with Gasteiger partial charge in [-0.3, -0.25) is 0 Å². The summed E-state index contributed by atoms with van der Waals surface area (Å²) in [5.74, 6) is -0.376. The number of carboxylic acid groups (broad SMARTS) is 1. The number of carboxylic acids is 1. The molecule has 0 heterocycles. The van der Waals surface area contributed by atoms with E-state index in [1.54, 1.807) is 61.7 Å². The van der Waals surface area contributed by atoms with Crippen LogP contribution in [0.3, 0.4) is 0 Å². The van der Waals surface area contributed by atoms with Crippen molar-refractivity contribution >= 4 is 29.2 Å². The Kier molecular flexibility index (Phi) is 4.43. The van der Waals surface area contributed by atoms with Crippen LogP contribution >= 0.6 is 11.6 Å². The molecule has 1 N–H and O–H groups in total. The molecular weight excluding hydrogens is 276 g/mol. The van der Waals surface area contributed by atoms with Crippen molar-refractivity contribution in [1.29, 1.82) is 0 Å². The molecule has 0 aliphatic rings. The molecule has 0 amide bonds. The van der Waals surface area contributed by atoms with Crippen LogP contribution in [0.4, 0.5) is 0 Å². The zero-order chi connectivity index (χ0) is 14.5. The molecule has 2 rings (SSSR count). The monoisotopic (exact) mass is 288 g/mol. The van der Waals surface area contributed by atoms with Crippen LogP contribution in [-0.2, 0) is 4.79 Å². The van der Waals surface area contributed by atoms with E-state index in [1.165, 1.54) is 0 Å². The van der Waals surface area contributed by atoms with Crippen molar-refractivity contribution in [3.05, 3.63) is 64.7 Å². The topological polar surface area (TPSA) is 46.5 Å². The van der Waals surface area contributed by atoms with Gasteiger partial charge in [-0.1, -0.05) is 35.9 Å². The summed E-state index contributed by atoms with van der Waals surface area (Å²) in [6.07, 6.45) is 1.60. The maximum absolute atomic E-state index is 11.4. The number of hydrogen-bond donors (Lipinski definition) is 1. The van der Waals surface area contributed by atoms with E-state index in [0.717, 1.165) is 5.56 Å². The highest BCUT2D eigenvalue weighted by atomic mass is 35.5. The SMILES string of the molecule is COc1cccc(/C(=C\c2ccc(Cl)cc2)C(=O)O)c1. The number of halogens is 1. The Morgan fingerprint density at radius 2 is 1.90 bits per heavy atom. The average Bonchev–Trinajstić information content (AvgIpc) is 2.46. The number of aliphatic carboxylic acids is 1. The van der Waals surface area contributed by atoms with Crippen LogP contribution in [0.5, 0.6) is 5.75 Å². The molecule has 20 heavy (non-hydrogen) atoms. The lowest BCUT2D eigenvalue weighted by molar-refractivity contribution is -0.130. The number of carbonyl (C=O) groups is 1. The number of benzene rings is 2. The molecule has 3 nitrogen and oxygen atoms in total. The van der Waals surface area contributed by atoms with Crippen LogP contribution in [0.2, 0.25) is 5.02 Å². The van der Waals surface area contributed by atoms with Gasteiger partial charge in [-0.25, -0.2) is 4.79 Å². The zero-order valence-corrected chi connectivity index (χ0v) is 11.6. The highest BCUT2D eigenvalue weighted by Crippen LogP contribution is 2.23. The van der Waals surface area contributed by atoms with Crippen LogP contribution in [0.25, 0.3) is 11.6 Å². The zero-order valence-electron chi connectivity index (χ0n) is 10.8. The van der Waals surface area contributed by atoms with Gasteiger partial charge in [-0.15, -0.1) is 0 Å². The van der Waals surface area contributed by atoms with Gasteiger partial charge in [0.25, 0.3) is 0 Å². The summed E-state index contributed by atoms with van der Waals surface area (Å²) in [7, 11) is 1.54. The molecule has 0 bridgehead atoms. The Labute approximate surface area is 122 Å². The van der Waals surface area contributed by atoms with Gasteiger partial charge in [-0.05, 0) is 41.5 Å². The van der Waals surface area contributed by atoms with Crippen LogP contribution in [0.1, 0.15) is 11.1 Å². The molecule has 2 aromatic carbocycles. The minimum atomic E-state index is -0.992. The second kappa shape index (κ2) is 6.26. The molecule has 2 aromatic rings. The van der Waals surface area contributed by atoms with Gasteiger partial charge in [-0.2, -0.15) is 0 Å². The molecule has 4 heteroatoms. The van der Waals surface area contributed by atoms with Gasteiger partial charge >= 0.3 is 5.97 Å². The minimum absolute atomic E-state index is 0.200. The smallest absolute Gasteiger partial charge is 0.336 e. The van der Waals surface area contributed by atoms with E-state index in [4.69, 9.17) is 16.3 Å². The Balaban J connectivity index is 2.45. The van der Waals surface area contributed by atoms with Crippen molar-refractivity contribution in [2.24, 2.45) is 0 Å². The van der Waals surface area contributed by atoms with Gasteiger partial charge in [0.15, 0.2) is 0 Å². The number of methoxy groups -OCH3 is 1. The van der Waals surface area contributed by atoms with Crippen LogP contribution in [0.15, 0.2) is 48.5 Å². The van der Waals surface area contributed by atoms with Gasteiger partial charge in [0.2, 0.25) is 0 Å². The quantitative estimate of drug-likeness (QED) is 0.684. The molecule has 0 atom stereocenters. The third kappa shape index (κ3) is 3.39. The fraction of sp³-hybridized carbons (Fsp3) is 0.0625. The summed E-state index contributed by atoms with van der Waals surface area (Å²) in [6.45, 7) is 0. The fourth-order valence-electron chi connectivity index (χ4n) is 1.78. The number of rotatable bonds is 4. The van der Waals surface area contributed by atoms with E-state index in [0.29, 0.717) is 16.3 Å². The minimum Gasteiger partial charge on any atom is -0.497 e. The van der Waals surface area contributed by atoms with E-state index in [1.807, 2.05) is 0 Å². The van der Waals surface area contributed by atoms with Crippen molar-refractivity contribution in [2.45, 2.75) is 0 Å². The molecule has 0 spiro atoms. The lowest BCUT2D eigenvalue weighted by atomic mass is 10.0. The van der Waals surface area contributed by atoms with Crippen LogP contribution in [-0.4, -0.2) is 18.2 Å². The predicted octanol–water partition coefficient (Wildman–Crippen LogP) is 3.97. The molecular formula is C16H13ClO3. The van der Waals surface area contributed by atoms with Crippen LogP contribution < -0.4 is 4.74 Å². The summed E-state index contributed by atoms with van der Waals surface area (Å²) in [4.78, 5) is 11.4. The van der Waals surface area contributed by atoms with Gasteiger partial charge < -0.3 is 9.84 Å². The van der Waals surface area contributed by atoms with E-state index in [2.05, 4.69) is 0 Å². The van der Waals surface area contributed by atoms with Gasteiger partial charge in [0.1, 0.15) is 5.75 Å². The molecule has 0 unspecified atom stereocenters. The van der Waals surface area contributed by atoms with Gasteiger partial charge in [0, 0.05) is 5.02 Å². The Morgan fingerprint density at radius 3 is 2.50 bits per heavy atom. The highest BCUT2D eigenvalue weighted by Gasteiger charge is 2.11. The van der Waals surface area contributed by atoms with Crippen molar-refractivity contribution in [1.82, 2.24) is 0 Å². The van der Waals surface area contributed by atoms with E-state index in [9.17, 15) is 9.90 Å². The maximum Gasteiger partial charge on any atom is 0.336 e. The third-order valence-corrected chi connectivity index (χ3v) is 3.04. The molecule has 0 fully saturated rings. The molecule has 0 saturated heterocycles. The Morgan fingerprint density at radius 1 is 1.20 bits per heavy atom. The molecule has 0 radical (unpaired) electrons. The molecule has 0 aliphatic heterocycles. The summed E-state index contributed by atoms with van der Waals surface area (Å²) in [5.41, 5.74) is 1.56. The largest absolute Gasteiger partial charge is 0.497 e. The molecule has 0 aliphatic carbocycles. The lowest BCUT2D eigenvalue weighted by Gasteiger charge is -2.06. The highest BCUT2D eigenvalue weighted by molar-refractivity contribution is 6.30. The predicted molar refractivity (Wildman–Crippen MR) is 80.0 cm³/mol. The van der Waals surface area contributed by atoms with Crippen molar-refractivity contribution < 1.29 is 14.6 Å². The lowest BCUT2D eigenvalue weighted by Crippen LogP contribution is -2.00. The summed E-state index contributed by atoms with van der Waals surface area (Å²) in [6, 6.07) is 13.9. The third-order valence-electron chi connectivity index (χ3n) is 2.79. The first-order valence-corrected chi connectivity index (χ1v) is 6.33. The van der Waals surface area contributed by atoms with Crippen molar-refractivity contribution in [3.8, 4) is 5.75 Å². The summed E-state index contributed by atoms with van der Waals surface area (Å²) < 4.78 is 5.11. The summed E-state index contributed by atoms with van der Waals surface area (Å²) in [5, 5.41) is 9.98. The average molecular weight is 289 g/mol. The molecule has 0 aromatic heterocycles. The van der Waals surface area contributed by atoms with E-state index >= 15 is 0 Å². The first-order valence-electron chi connectivity index (χ1n) is 5.95. The van der Waals surface area contributed by atoms with E-state index < -0.39 is 5.97 Å². The standard InChI is InChI=1S/C16H13ClO3/c1-20-14-4-2-3-12(10-14)15(16(18)19)9-11-5-7-13(17)8-6-11/h2-10H,1H3,(H,18,19)/b15-9+. The Bertz CT molecular complexity index is 645. The van der Waals surface area contributed by atoms with E-state index in [-0.39, 0.29) is 5.57 Å². The number of ether oxygens (including phenoxy) is 1. The van der Waals surface area contributed by atoms with Crippen molar-refractivity contribution in [3.63, 3.8) is 0 Å². The maximum atomic E-state index is 11.4. The fourth-order valence-corrected chi connectivity index (χ4v) is 1.91. The second-order valence-electron chi connectivity index (χ2n) is 4.15. The summed E-state index contributed by atoms with van der Waals surface area (Å²) >= 11 is 5.81. The van der Waals surface area contributed by atoms with Crippen molar-refractivity contribution in [2.75, 3.05) is 7.11 Å². The first kappa shape index (κ1) is 14.2. The first-order chi connectivity index (χ1) is 9.60. The molecule has 102 valence electrons. The van der Waals surface area contributed by atoms with Gasteiger partial charge in [0.05, 0.1) is 12.7 Å². The number of hydrogen-bond acceptors (Lipinski definition) is 2. The second-order valence-corrected chi connectivity index (χ2v) is 4.58. The molecule has 0 saturated carbocycles. The Hall–Kier alpha value is -2.26. The normalized spacial score (nSPS) is 11.2. The van der Waals surface area contributed by atoms with Crippen LogP contribution in [0, 0.1) is 0 Å².